The summed E-state index contributed by atoms with van der Waals surface area (Å²) in [5.74, 6) is 0. The van der Waals surface area contributed by atoms with Crippen molar-refractivity contribution in [2.75, 3.05) is 0 Å². The molecule has 0 N–H and O–H groups in total. The van der Waals surface area contributed by atoms with Gasteiger partial charge in [0.25, 0.3) is 0 Å². The molecule has 34 heavy (non-hydrogen) atoms. The number of pyridine rings is 1. The Hall–Kier alpha value is -3.59. The van der Waals surface area contributed by atoms with Gasteiger partial charge in [0.05, 0.1) is 0 Å². The maximum Gasteiger partial charge on any atom is 0.212 e. The Balaban J connectivity index is 1.62. The molecule has 0 saturated heterocycles. The summed E-state index contributed by atoms with van der Waals surface area (Å²) < 4.78 is 56.5. The minimum atomic E-state index is -2.46. The molecule has 6 aromatic rings. The van der Waals surface area contributed by atoms with Crippen molar-refractivity contribution in [3.8, 4) is 11.3 Å². The van der Waals surface area contributed by atoms with Crippen LogP contribution in [0.25, 0.3) is 55.1 Å². The predicted molar refractivity (Wildman–Crippen MR) is 140 cm³/mol. The van der Waals surface area contributed by atoms with Crippen molar-refractivity contribution in [1.29, 1.82) is 0 Å². The lowest BCUT2D eigenvalue weighted by Gasteiger charge is -2.19. The topological polar surface area (TPSA) is 30.2 Å². The van der Waals surface area contributed by atoms with E-state index < -0.39 is 18.6 Å². The maximum absolute atomic E-state index is 8.94. The highest BCUT2D eigenvalue weighted by atomic mass is 16.3. The summed E-state index contributed by atoms with van der Waals surface area (Å²) in [5, 5.41) is 3.86. The zero-order valence-electron chi connectivity index (χ0n) is 25.0. The van der Waals surface area contributed by atoms with E-state index in [-0.39, 0.29) is 11.1 Å². The Morgan fingerprint density at radius 3 is 2.21 bits per heavy atom. The third kappa shape index (κ3) is 3.30. The average Bonchev–Trinajstić information content (AvgIpc) is 3.37. The number of nitrogens with zero attached hydrogens (tertiary/aromatic N) is 1. The van der Waals surface area contributed by atoms with E-state index in [1.165, 1.54) is 0 Å². The Morgan fingerprint density at radius 2 is 1.47 bits per heavy atom. The molecule has 0 aliphatic rings. The van der Waals surface area contributed by atoms with E-state index in [0.717, 1.165) is 60.7 Å². The lowest BCUT2D eigenvalue weighted by atomic mass is 9.86. The minimum Gasteiger partial charge on any atom is -0.456 e. The zero-order chi connectivity index (χ0) is 28.1. The van der Waals surface area contributed by atoms with Gasteiger partial charge < -0.3 is 8.83 Å². The van der Waals surface area contributed by atoms with Gasteiger partial charge in [-0.15, -0.1) is 0 Å². The minimum absolute atomic E-state index is 0.0217. The van der Waals surface area contributed by atoms with Gasteiger partial charge in [-0.3, -0.25) is 0 Å². The van der Waals surface area contributed by atoms with Crippen LogP contribution in [0.4, 0.5) is 0 Å². The molecule has 3 heterocycles. The normalized spacial score (nSPS) is 15.5. The molecule has 0 unspecified atom stereocenters. The van der Waals surface area contributed by atoms with E-state index in [2.05, 4.69) is 0 Å². The molecule has 170 valence electrons. The molecule has 3 aromatic heterocycles. The van der Waals surface area contributed by atoms with Gasteiger partial charge >= 0.3 is 0 Å². The first-order valence-electron chi connectivity index (χ1n) is 14.0. The summed E-state index contributed by atoms with van der Waals surface area (Å²) in [5.41, 5.74) is 5.03. The van der Waals surface area contributed by atoms with Gasteiger partial charge in [-0.25, -0.2) is 4.57 Å². The lowest BCUT2D eigenvalue weighted by Crippen LogP contribution is -2.32. The van der Waals surface area contributed by atoms with Gasteiger partial charge in [-0.1, -0.05) is 39.0 Å². The first-order chi connectivity index (χ1) is 18.2. The summed E-state index contributed by atoms with van der Waals surface area (Å²) in [6.45, 7) is 4.89. The molecule has 0 aliphatic carbocycles. The SMILES string of the molecule is [2H]C([2H])([2H])c1c[n+](C)c(-c2cc3c(cc2C)oc2cc4c(cc23)oc2ccccc24)cc1C([2H])([2H])C(C)(C)C. The molecular formula is C31H30NO2+. The molecule has 0 spiro atoms. The zero-order valence-corrected chi connectivity index (χ0v) is 20.0. The first kappa shape index (κ1) is 16.1. The fraction of sp³-hybridized carbons (Fsp3) is 0.258. The van der Waals surface area contributed by atoms with Gasteiger partial charge in [0.1, 0.15) is 29.4 Å². The van der Waals surface area contributed by atoms with Crippen LogP contribution >= 0.6 is 0 Å². The van der Waals surface area contributed by atoms with E-state index in [1.54, 1.807) is 44.6 Å². The van der Waals surface area contributed by atoms with Crippen molar-refractivity contribution in [3.63, 3.8) is 0 Å². The molecule has 0 radical (unpaired) electrons. The summed E-state index contributed by atoms with van der Waals surface area (Å²) in [6, 6.07) is 17.7. The molecule has 0 saturated carbocycles. The van der Waals surface area contributed by atoms with E-state index in [4.69, 9.17) is 15.7 Å². The Kier molecular flexibility index (Phi) is 3.41. The third-order valence-electron chi connectivity index (χ3n) is 6.38. The highest BCUT2D eigenvalue weighted by Crippen LogP contribution is 2.39. The van der Waals surface area contributed by atoms with E-state index in [0.29, 0.717) is 0 Å². The fourth-order valence-corrected chi connectivity index (χ4v) is 4.84. The number of para-hydroxylation sites is 1. The third-order valence-corrected chi connectivity index (χ3v) is 6.38. The van der Waals surface area contributed by atoms with Crippen LogP contribution in [0.5, 0.6) is 0 Å². The maximum atomic E-state index is 8.94. The van der Waals surface area contributed by atoms with Crippen LogP contribution in [0.1, 0.15) is 44.3 Å². The van der Waals surface area contributed by atoms with Crippen molar-refractivity contribution < 1.29 is 20.3 Å². The number of aryl methyl sites for hydroxylation is 3. The number of benzene rings is 3. The molecule has 0 bridgehead atoms. The number of hydrogen-bond donors (Lipinski definition) is 0. The van der Waals surface area contributed by atoms with Crippen LogP contribution in [-0.4, -0.2) is 0 Å². The van der Waals surface area contributed by atoms with Crippen LogP contribution in [0, 0.1) is 19.2 Å². The van der Waals surface area contributed by atoms with Crippen molar-refractivity contribution in [2.45, 2.75) is 40.9 Å². The summed E-state index contributed by atoms with van der Waals surface area (Å²) in [7, 11) is 1.80. The smallest absolute Gasteiger partial charge is 0.212 e. The summed E-state index contributed by atoms with van der Waals surface area (Å²) in [6.07, 6.45) is -0.330. The molecular weight excluding hydrogens is 418 g/mol. The van der Waals surface area contributed by atoms with Crippen LogP contribution in [0.3, 0.4) is 0 Å². The van der Waals surface area contributed by atoms with Crippen LogP contribution in [-0.2, 0) is 13.4 Å². The van der Waals surface area contributed by atoms with E-state index in [1.807, 2.05) is 55.5 Å². The van der Waals surface area contributed by atoms with Crippen LogP contribution in [0.2, 0.25) is 0 Å². The number of furan rings is 2. The number of aromatic nitrogens is 1. The largest absolute Gasteiger partial charge is 0.456 e. The molecule has 3 aromatic carbocycles. The number of fused-ring (bicyclic) bond motifs is 6. The summed E-state index contributed by atoms with van der Waals surface area (Å²) in [4.78, 5) is 0. The molecule has 6 rings (SSSR count). The molecule has 0 amide bonds. The number of hydrogen-bond acceptors (Lipinski definition) is 2. The van der Waals surface area contributed by atoms with E-state index in [9.17, 15) is 0 Å². The molecule has 0 fully saturated rings. The monoisotopic (exact) mass is 453 g/mol. The van der Waals surface area contributed by atoms with Crippen LogP contribution < -0.4 is 4.57 Å². The van der Waals surface area contributed by atoms with Crippen molar-refractivity contribution in [1.82, 2.24) is 0 Å². The van der Waals surface area contributed by atoms with Crippen molar-refractivity contribution in [3.05, 3.63) is 77.5 Å². The molecule has 3 heteroatoms. The first-order valence-corrected chi connectivity index (χ1v) is 11.5. The standard InChI is InChI=1S/C31H30NO2/c1-18-11-28-23(13-22(18)26-12-20(16-31(3,4)5)19(2)17-32(26)6)25-15-29-24(14-30(25)34-28)21-9-7-8-10-27(21)33-29/h7-15,17H,16H2,1-6H3/q+1/i2D3,16D2. The van der Waals surface area contributed by atoms with E-state index >= 15 is 0 Å². The fourth-order valence-electron chi connectivity index (χ4n) is 4.84. The quantitative estimate of drug-likeness (QED) is 0.247. The second-order valence-electron chi connectivity index (χ2n) is 10.2. The Labute approximate surface area is 206 Å². The number of rotatable bonds is 2. The van der Waals surface area contributed by atoms with Gasteiger partial charge in [0.2, 0.25) is 5.69 Å². The van der Waals surface area contributed by atoms with Crippen molar-refractivity contribution >= 4 is 43.9 Å². The van der Waals surface area contributed by atoms with Gasteiger partial charge in [0.15, 0.2) is 6.20 Å². The van der Waals surface area contributed by atoms with Crippen molar-refractivity contribution in [2.24, 2.45) is 12.5 Å². The predicted octanol–water partition coefficient (Wildman–Crippen LogP) is 8.18. The lowest BCUT2D eigenvalue weighted by molar-refractivity contribution is -0.660. The average molecular weight is 454 g/mol. The van der Waals surface area contributed by atoms with Gasteiger partial charge in [-0.2, -0.15) is 0 Å². The molecule has 0 atom stereocenters. The van der Waals surface area contributed by atoms with Gasteiger partial charge in [0, 0.05) is 45.6 Å². The highest BCUT2D eigenvalue weighted by molar-refractivity contribution is 6.15. The van der Waals surface area contributed by atoms with Crippen LogP contribution in [0.15, 0.2) is 69.6 Å². The molecule has 0 aliphatic heterocycles. The highest BCUT2D eigenvalue weighted by Gasteiger charge is 2.21. The Bertz CT molecular complexity index is 1940. The second kappa shape index (κ2) is 7.20. The molecule has 3 nitrogen and oxygen atoms in total. The summed E-state index contributed by atoms with van der Waals surface area (Å²) >= 11 is 0. The van der Waals surface area contributed by atoms with Gasteiger partial charge in [-0.05, 0) is 67.0 Å². The second-order valence-corrected chi connectivity index (χ2v) is 10.2. The Morgan fingerprint density at radius 1 is 0.824 bits per heavy atom.